The monoisotopic (exact) mass is 279 g/mol. The van der Waals surface area contributed by atoms with Crippen LogP contribution in [-0.2, 0) is 9.59 Å². The minimum Gasteiger partial charge on any atom is -0.347 e. The summed E-state index contributed by atoms with van der Waals surface area (Å²) in [6.45, 7) is 5.32. The van der Waals surface area contributed by atoms with Crippen LogP contribution in [0.3, 0.4) is 0 Å². The van der Waals surface area contributed by atoms with Crippen molar-refractivity contribution in [2.75, 3.05) is 40.8 Å². The molecule has 2 amide bonds. The number of hydrogen-bond acceptors (Lipinski definition) is 3. The second-order valence-corrected chi connectivity index (χ2v) is 4.51. The zero-order chi connectivity index (χ0) is 13.4. The molecule has 0 aliphatic heterocycles. The summed E-state index contributed by atoms with van der Waals surface area (Å²) in [4.78, 5) is 26.9. The Hall–Kier alpha value is -0.810. The molecule has 0 spiro atoms. The first kappa shape index (κ1) is 19.5. The van der Waals surface area contributed by atoms with Gasteiger partial charge >= 0.3 is 0 Å². The number of likely N-dealkylation sites (N-methyl/N-ethyl adjacent to an activating group) is 1. The number of halogens is 1. The van der Waals surface area contributed by atoms with Crippen LogP contribution < -0.4 is 5.32 Å². The fourth-order valence-corrected chi connectivity index (χ4v) is 1.55. The van der Waals surface area contributed by atoms with Gasteiger partial charge in [0.05, 0.1) is 6.54 Å². The Kier molecular flexibility index (Phi) is 11.0. The van der Waals surface area contributed by atoms with E-state index in [9.17, 15) is 9.59 Å². The fraction of sp³-hybridized carbons (Fsp3) is 0.833. The molecular weight excluding hydrogens is 254 g/mol. The van der Waals surface area contributed by atoms with Gasteiger partial charge in [-0.15, -0.1) is 12.4 Å². The number of nitrogens with one attached hydrogen (secondary N) is 1. The third-order valence-corrected chi connectivity index (χ3v) is 2.56. The highest BCUT2D eigenvalue weighted by Crippen LogP contribution is 2.03. The van der Waals surface area contributed by atoms with Gasteiger partial charge in [-0.2, -0.15) is 0 Å². The summed E-state index contributed by atoms with van der Waals surface area (Å²) in [7, 11) is 5.22. The number of amides is 2. The summed E-state index contributed by atoms with van der Waals surface area (Å²) < 4.78 is 0. The Morgan fingerprint density at radius 3 is 2.22 bits per heavy atom. The van der Waals surface area contributed by atoms with Gasteiger partial charge in [-0.25, -0.2) is 0 Å². The van der Waals surface area contributed by atoms with Crippen molar-refractivity contribution in [3.63, 3.8) is 0 Å². The maximum Gasteiger partial charge on any atom is 0.241 e. The molecule has 0 heterocycles. The standard InChI is InChI=1S/C12H25N3O2.ClH/c1-6-7-15(9-11(16)14(4)5)12(17)10(2)8-13-3;/h10,13H,6-9H2,1-5H3;1H. The van der Waals surface area contributed by atoms with Crippen molar-refractivity contribution in [3.05, 3.63) is 0 Å². The van der Waals surface area contributed by atoms with Crippen LogP contribution in [0.25, 0.3) is 0 Å². The lowest BCUT2D eigenvalue weighted by Gasteiger charge is -2.26. The van der Waals surface area contributed by atoms with Gasteiger partial charge in [0, 0.05) is 33.1 Å². The van der Waals surface area contributed by atoms with Crippen molar-refractivity contribution in [1.82, 2.24) is 15.1 Å². The average Bonchev–Trinajstić information content (AvgIpc) is 2.27. The molecule has 0 rings (SSSR count). The number of rotatable bonds is 7. The highest BCUT2D eigenvalue weighted by Gasteiger charge is 2.21. The lowest BCUT2D eigenvalue weighted by atomic mass is 10.1. The van der Waals surface area contributed by atoms with E-state index in [0.29, 0.717) is 13.1 Å². The zero-order valence-corrected chi connectivity index (χ0v) is 12.8. The number of nitrogens with zero attached hydrogens (tertiary/aromatic N) is 2. The van der Waals surface area contributed by atoms with E-state index in [2.05, 4.69) is 5.32 Å². The van der Waals surface area contributed by atoms with Crippen LogP contribution in [0.1, 0.15) is 20.3 Å². The average molecular weight is 280 g/mol. The van der Waals surface area contributed by atoms with Gasteiger partial charge in [-0.3, -0.25) is 9.59 Å². The first-order valence-electron chi connectivity index (χ1n) is 6.07. The van der Waals surface area contributed by atoms with Gasteiger partial charge in [0.1, 0.15) is 0 Å². The third kappa shape index (κ3) is 6.81. The molecular formula is C12H26ClN3O2. The van der Waals surface area contributed by atoms with Gasteiger partial charge in [0.25, 0.3) is 0 Å². The van der Waals surface area contributed by atoms with Crippen molar-refractivity contribution in [2.24, 2.45) is 5.92 Å². The summed E-state index contributed by atoms with van der Waals surface area (Å²) in [6, 6.07) is 0. The fourth-order valence-electron chi connectivity index (χ4n) is 1.55. The first-order chi connectivity index (χ1) is 7.93. The molecule has 6 heteroatoms. The quantitative estimate of drug-likeness (QED) is 0.742. The largest absolute Gasteiger partial charge is 0.347 e. The molecule has 1 unspecified atom stereocenters. The number of carbonyl (C=O) groups is 2. The smallest absolute Gasteiger partial charge is 0.241 e. The van der Waals surface area contributed by atoms with E-state index in [1.165, 1.54) is 4.90 Å². The molecule has 0 saturated carbocycles. The molecule has 0 aliphatic rings. The zero-order valence-electron chi connectivity index (χ0n) is 12.0. The van der Waals surface area contributed by atoms with Gasteiger partial charge in [0.15, 0.2) is 0 Å². The molecule has 0 aromatic rings. The molecule has 1 atom stereocenters. The molecule has 0 fully saturated rings. The molecule has 0 aromatic carbocycles. The van der Waals surface area contributed by atoms with Crippen LogP contribution >= 0.6 is 12.4 Å². The molecule has 0 bridgehead atoms. The van der Waals surface area contributed by atoms with Crippen molar-refractivity contribution in [1.29, 1.82) is 0 Å². The van der Waals surface area contributed by atoms with Gasteiger partial charge in [-0.1, -0.05) is 13.8 Å². The first-order valence-corrected chi connectivity index (χ1v) is 6.07. The summed E-state index contributed by atoms with van der Waals surface area (Å²) in [5, 5.41) is 2.98. The molecule has 0 aromatic heterocycles. The van der Waals surface area contributed by atoms with Crippen molar-refractivity contribution in [3.8, 4) is 0 Å². The second-order valence-electron chi connectivity index (χ2n) is 4.51. The molecule has 0 radical (unpaired) electrons. The van der Waals surface area contributed by atoms with Crippen LogP contribution in [0.2, 0.25) is 0 Å². The second kappa shape index (κ2) is 10.1. The topological polar surface area (TPSA) is 52.7 Å². The molecule has 0 aliphatic carbocycles. The Morgan fingerprint density at radius 1 is 1.28 bits per heavy atom. The van der Waals surface area contributed by atoms with Crippen LogP contribution in [0.5, 0.6) is 0 Å². The highest BCUT2D eigenvalue weighted by atomic mass is 35.5. The van der Waals surface area contributed by atoms with Gasteiger partial charge in [0.2, 0.25) is 11.8 Å². The molecule has 18 heavy (non-hydrogen) atoms. The van der Waals surface area contributed by atoms with Gasteiger partial charge < -0.3 is 15.1 Å². The lowest BCUT2D eigenvalue weighted by molar-refractivity contribution is -0.141. The predicted octanol–water partition coefficient (Wildman–Crippen LogP) is 0.591. The number of carbonyl (C=O) groups excluding carboxylic acids is 2. The maximum absolute atomic E-state index is 12.1. The van der Waals surface area contributed by atoms with Crippen LogP contribution in [0, 0.1) is 5.92 Å². The number of hydrogen-bond donors (Lipinski definition) is 1. The Morgan fingerprint density at radius 2 is 1.83 bits per heavy atom. The predicted molar refractivity (Wildman–Crippen MR) is 75.9 cm³/mol. The van der Waals surface area contributed by atoms with E-state index in [1.807, 2.05) is 20.9 Å². The van der Waals surface area contributed by atoms with E-state index in [-0.39, 0.29) is 36.7 Å². The summed E-state index contributed by atoms with van der Waals surface area (Å²) in [5.41, 5.74) is 0. The Balaban J connectivity index is 0. The Labute approximate surface area is 116 Å². The third-order valence-electron chi connectivity index (χ3n) is 2.56. The minimum atomic E-state index is -0.0958. The van der Waals surface area contributed by atoms with Crippen LogP contribution in [0.15, 0.2) is 0 Å². The molecule has 0 saturated heterocycles. The van der Waals surface area contributed by atoms with Crippen LogP contribution in [0.4, 0.5) is 0 Å². The SMILES string of the molecule is CCCN(CC(=O)N(C)C)C(=O)C(C)CNC.Cl. The normalized spacial score (nSPS) is 11.4. The van der Waals surface area contributed by atoms with Crippen molar-refractivity contribution < 1.29 is 9.59 Å². The van der Waals surface area contributed by atoms with E-state index < -0.39 is 0 Å². The molecule has 1 N–H and O–H groups in total. The van der Waals surface area contributed by atoms with E-state index >= 15 is 0 Å². The lowest BCUT2D eigenvalue weighted by Crippen LogP contribution is -2.44. The summed E-state index contributed by atoms with van der Waals surface area (Å²) in [5.74, 6) is -0.0960. The molecule has 108 valence electrons. The van der Waals surface area contributed by atoms with E-state index in [4.69, 9.17) is 0 Å². The van der Waals surface area contributed by atoms with E-state index in [0.717, 1.165) is 6.42 Å². The van der Waals surface area contributed by atoms with Crippen molar-refractivity contribution >= 4 is 24.2 Å². The summed E-state index contributed by atoms with van der Waals surface area (Å²) in [6.07, 6.45) is 0.860. The van der Waals surface area contributed by atoms with Crippen molar-refractivity contribution in [2.45, 2.75) is 20.3 Å². The molecule has 5 nitrogen and oxygen atoms in total. The van der Waals surface area contributed by atoms with E-state index in [1.54, 1.807) is 19.0 Å². The maximum atomic E-state index is 12.1. The van der Waals surface area contributed by atoms with Crippen LogP contribution in [-0.4, -0.2) is 62.4 Å². The minimum absolute atomic E-state index is 0. The Bertz CT molecular complexity index is 260. The van der Waals surface area contributed by atoms with Gasteiger partial charge in [-0.05, 0) is 13.5 Å². The summed E-state index contributed by atoms with van der Waals surface area (Å²) >= 11 is 0. The highest BCUT2D eigenvalue weighted by molar-refractivity contribution is 5.86.